The molecule has 0 bridgehead atoms. The summed E-state index contributed by atoms with van der Waals surface area (Å²) >= 11 is 0. The Morgan fingerprint density at radius 2 is 1.62 bits per heavy atom. The molecular weight excluding hydrogens is 332 g/mol. The van der Waals surface area contributed by atoms with Crippen LogP contribution in [-0.4, -0.2) is 35.7 Å². The van der Waals surface area contributed by atoms with Crippen LogP contribution < -0.4 is 5.32 Å². The quantitative estimate of drug-likeness (QED) is 0.718. The first-order valence-corrected chi connectivity index (χ1v) is 8.33. The summed E-state index contributed by atoms with van der Waals surface area (Å²) in [5.41, 5.74) is 1.49. The zero-order valence-electron chi connectivity index (χ0n) is 13.9. The number of nitrogens with zero attached hydrogens (tertiary/aromatic N) is 1. The van der Waals surface area contributed by atoms with E-state index >= 15 is 0 Å². The normalized spacial score (nSPS) is 13.3. The van der Waals surface area contributed by atoms with Gasteiger partial charge < -0.3 is 9.73 Å². The fourth-order valence-electron chi connectivity index (χ4n) is 3.07. The summed E-state index contributed by atoms with van der Waals surface area (Å²) < 4.78 is 5.69. The Kier molecular flexibility index (Phi) is 4.01. The lowest BCUT2D eigenvalue weighted by Crippen LogP contribution is -2.40. The molecule has 2 aromatic carbocycles. The van der Waals surface area contributed by atoms with Gasteiger partial charge in [-0.25, -0.2) is 0 Å². The lowest BCUT2D eigenvalue weighted by Gasteiger charge is -2.13. The van der Waals surface area contributed by atoms with E-state index < -0.39 is 11.8 Å². The number of nitrogens with one attached hydrogen (secondary N) is 1. The summed E-state index contributed by atoms with van der Waals surface area (Å²) in [7, 11) is 0. The molecule has 1 N–H and O–H groups in total. The van der Waals surface area contributed by atoms with Gasteiger partial charge in [-0.15, -0.1) is 0 Å². The molecule has 1 aliphatic rings. The minimum atomic E-state index is -0.432. The van der Waals surface area contributed by atoms with Gasteiger partial charge in [-0.1, -0.05) is 30.3 Å². The van der Waals surface area contributed by atoms with E-state index in [1.165, 1.54) is 0 Å². The molecule has 6 heteroatoms. The molecule has 0 radical (unpaired) electrons. The standard InChI is InChI=1S/C20H16N2O4/c23-18(12-22-19(24)15-6-2-3-7-16(15)20(22)25)21-10-9-14-11-13-5-1-4-8-17(13)26-14/h1-8,11H,9-10,12H2,(H,21,23). The summed E-state index contributed by atoms with van der Waals surface area (Å²) in [4.78, 5) is 37.6. The van der Waals surface area contributed by atoms with Crippen LogP contribution in [-0.2, 0) is 11.2 Å². The third kappa shape index (κ3) is 2.86. The third-order valence-corrected chi connectivity index (χ3v) is 4.35. The average molecular weight is 348 g/mol. The number of carbonyl (C=O) groups excluding carboxylic acids is 3. The predicted octanol–water partition coefficient (Wildman–Crippen LogP) is 2.39. The van der Waals surface area contributed by atoms with Crippen LogP contribution in [0.2, 0.25) is 0 Å². The van der Waals surface area contributed by atoms with Crippen molar-refractivity contribution in [2.45, 2.75) is 6.42 Å². The lowest BCUT2D eigenvalue weighted by atomic mass is 10.1. The monoisotopic (exact) mass is 348 g/mol. The maximum atomic E-state index is 12.2. The average Bonchev–Trinajstić information content (AvgIpc) is 3.16. The molecule has 0 spiro atoms. The highest BCUT2D eigenvalue weighted by Gasteiger charge is 2.36. The van der Waals surface area contributed by atoms with Crippen molar-refractivity contribution in [1.82, 2.24) is 10.2 Å². The molecule has 130 valence electrons. The molecule has 0 aliphatic carbocycles. The Balaban J connectivity index is 1.33. The van der Waals surface area contributed by atoms with Crippen LogP contribution in [0.15, 0.2) is 59.0 Å². The van der Waals surface area contributed by atoms with E-state index in [2.05, 4.69) is 5.32 Å². The zero-order valence-corrected chi connectivity index (χ0v) is 13.9. The summed E-state index contributed by atoms with van der Waals surface area (Å²) in [6.45, 7) is 0.0777. The second-order valence-electron chi connectivity index (χ2n) is 6.09. The highest BCUT2D eigenvalue weighted by molar-refractivity contribution is 6.22. The number of fused-ring (bicyclic) bond motifs is 2. The van der Waals surface area contributed by atoms with Crippen LogP contribution in [0.5, 0.6) is 0 Å². The number of carbonyl (C=O) groups is 3. The van der Waals surface area contributed by atoms with Crippen LogP contribution in [0.3, 0.4) is 0 Å². The van der Waals surface area contributed by atoms with Gasteiger partial charge in [-0.3, -0.25) is 19.3 Å². The van der Waals surface area contributed by atoms with Gasteiger partial charge in [0.25, 0.3) is 11.8 Å². The van der Waals surface area contributed by atoms with Crippen molar-refractivity contribution in [1.29, 1.82) is 0 Å². The summed E-state index contributed by atoms with van der Waals surface area (Å²) in [6, 6.07) is 16.2. The van der Waals surface area contributed by atoms with Gasteiger partial charge in [0.1, 0.15) is 17.9 Å². The Hall–Kier alpha value is -3.41. The lowest BCUT2D eigenvalue weighted by molar-refractivity contribution is -0.121. The van der Waals surface area contributed by atoms with E-state index in [1.807, 2.05) is 30.3 Å². The topological polar surface area (TPSA) is 79.6 Å². The van der Waals surface area contributed by atoms with E-state index in [-0.39, 0.29) is 12.5 Å². The van der Waals surface area contributed by atoms with Gasteiger partial charge in [0, 0.05) is 18.4 Å². The van der Waals surface area contributed by atoms with Crippen molar-refractivity contribution in [3.05, 3.63) is 71.5 Å². The van der Waals surface area contributed by atoms with Gasteiger partial charge >= 0.3 is 0 Å². The van der Waals surface area contributed by atoms with Crippen LogP contribution in [0, 0.1) is 0 Å². The molecule has 6 nitrogen and oxygen atoms in total. The maximum Gasteiger partial charge on any atom is 0.262 e. The highest BCUT2D eigenvalue weighted by atomic mass is 16.3. The Morgan fingerprint density at radius 1 is 0.962 bits per heavy atom. The van der Waals surface area contributed by atoms with Crippen molar-refractivity contribution < 1.29 is 18.8 Å². The van der Waals surface area contributed by atoms with Gasteiger partial charge in [0.2, 0.25) is 5.91 Å². The molecule has 0 saturated heterocycles. The van der Waals surface area contributed by atoms with Crippen LogP contribution >= 0.6 is 0 Å². The number of furan rings is 1. The molecule has 3 aromatic rings. The molecule has 2 heterocycles. The molecular formula is C20H16N2O4. The SMILES string of the molecule is O=C(CN1C(=O)c2ccccc2C1=O)NCCc1cc2ccccc2o1. The molecule has 4 rings (SSSR count). The van der Waals surface area contributed by atoms with Gasteiger partial charge in [0.15, 0.2) is 0 Å². The molecule has 1 aromatic heterocycles. The highest BCUT2D eigenvalue weighted by Crippen LogP contribution is 2.22. The van der Waals surface area contributed by atoms with Gasteiger partial charge in [-0.05, 0) is 24.3 Å². The summed E-state index contributed by atoms with van der Waals surface area (Å²) in [5.74, 6) is -0.473. The maximum absolute atomic E-state index is 12.2. The third-order valence-electron chi connectivity index (χ3n) is 4.35. The minimum Gasteiger partial charge on any atom is -0.461 e. The first-order chi connectivity index (χ1) is 12.6. The Bertz CT molecular complexity index is 953. The van der Waals surface area contributed by atoms with Gasteiger partial charge in [-0.2, -0.15) is 0 Å². The fraction of sp³-hybridized carbons (Fsp3) is 0.150. The first kappa shape index (κ1) is 16.1. The minimum absolute atomic E-state index is 0.285. The number of hydrogen-bond acceptors (Lipinski definition) is 4. The molecule has 0 unspecified atom stereocenters. The number of rotatable bonds is 5. The Labute approximate surface area is 149 Å². The fourth-order valence-corrected chi connectivity index (χ4v) is 3.07. The Morgan fingerprint density at radius 3 is 2.31 bits per heavy atom. The smallest absolute Gasteiger partial charge is 0.262 e. The number of imide groups is 1. The van der Waals surface area contributed by atoms with E-state index in [1.54, 1.807) is 24.3 Å². The largest absolute Gasteiger partial charge is 0.461 e. The summed E-state index contributed by atoms with van der Waals surface area (Å²) in [5, 5.41) is 3.74. The van der Waals surface area contributed by atoms with Crippen molar-refractivity contribution in [2.24, 2.45) is 0 Å². The first-order valence-electron chi connectivity index (χ1n) is 8.33. The van der Waals surface area contributed by atoms with Crippen molar-refractivity contribution >= 4 is 28.7 Å². The van der Waals surface area contributed by atoms with Crippen molar-refractivity contribution in [3.8, 4) is 0 Å². The number of hydrogen-bond donors (Lipinski definition) is 1. The number of para-hydroxylation sites is 1. The van der Waals surface area contributed by atoms with E-state index in [0.717, 1.165) is 21.6 Å². The van der Waals surface area contributed by atoms with Crippen molar-refractivity contribution in [3.63, 3.8) is 0 Å². The van der Waals surface area contributed by atoms with Crippen molar-refractivity contribution in [2.75, 3.05) is 13.1 Å². The number of benzene rings is 2. The molecule has 0 saturated carbocycles. The van der Waals surface area contributed by atoms with E-state index in [4.69, 9.17) is 4.42 Å². The zero-order chi connectivity index (χ0) is 18.1. The van der Waals surface area contributed by atoms with E-state index in [9.17, 15) is 14.4 Å². The molecule has 3 amide bonds. The van der Waals surface area contributed by atoms with E-state index in [0.29, 0.717) is 24.1 Å². The summed E-state index contributed by atoms with van der Waals surface area (Å²) in [6.07, 6.45) is 0.530. The van der Waals surface area contributed by atoms with Crippen LogP contribution in [0.25, 0.3) is 11.0 Å². The molecule has 1 aliphatic heterocycles. The molecule has 0 atom stereocenters. The predicted molar refractivity (Wildman–Crippen MR) is 94.7 cm³/mol. The molecule has 26 heavy (non-hydrogen) atoms. The molecule has 0 fully saturated rings. The number of amides is 3. The second kappa shape index (κ2) is 6.48. The van der Waals surface area contributed by atoms with Crippen LogP contribution in [0.1, 0.15) is 26.5 Å². The van der Waals surface area contributed by atoms with Gasteiger partial charge in [0.05, 0.1) is 11.1 Å². The second-order valence-corrected chi connectivity index (χ2v) is 6.09. The van der Waals surface area contributed by atoms with Crippen LogP contribution in [0.4, 0.5) is 0 Å².